The minimum absolute atomic E-state index is 0. The topological polar surface area (TPSA) is 54.0 Å². The Labute approximate surface area is 321 Å². The van der Waals surface area contributed by atoms with E-state index in [1.54, 1.807) is 0 Å². The second-order valence-electron chi connectivity index (χ2n) is 12.9. The molecule has 0 aliphatic carbocycles. The van der Waals surface area contributed by atoms with Crippen LogP contribution >= 0.6 is 0 Å². The van der Waals surface area contributed by atoms with Gasteiger partial charge in [0.25, 0.3) is 0 Å². The van der Waals surface area contributed by atoms with Gasteiger partial charge in [-0.2, -0.15) is 0 Å². The first-order valence-electron chi connectivity index (χ1n) is 17.4. The molecule has 4 nitrogen and oxygen atoms in total. The van der Waals surface area contributed by atoms with Crippen LogP contribution in [0.1, 0.15) is 40.8 Å². The Bertz CT molecular complexity index is 2740. The number of nitrogens with zero attached hydrogens (tertiary/aromatic N) is 4. The monoisotopic (exact) mass is 728 g/mol. The summed E-state index contributed by atoms with van der Waals surface area (Å²) in [6.45, 7) is 3.96. The predicted molar refractivity (Wildman–Crippen MR) is 216 cm³/mol. The summed E-state index contributed by atoms with van der Waals surface area (Å²) in [6.07, 6.45) is 8.41. The number of hydrogen-bond acceptors (Lipinski definition) is 2. The van der Waals surface area contributed by atoms with Crippen molar-refractivity contribution in [2.24, 2.45) is 0 Å². The molecular weight excluding hydrogens is 698 g/mol. The van der Waals surface area contributed by atoms with Crippen LogP contribution in [0.4, 0.5) is 0 Å². The number of fused-ring (bicyclic) bond motifs is 8. The molecule has 0 spiro atoms. The second kappa shape index (κ2) is 14.4. The third-order valence-corrected chi connectivity index (χ3v) is 9.52. The largest absolute Gasteiger partial charge is 2.00 e. The normalized spacial score (nSPS) is 11.5. The first kappa shape index (κ1) is 33.8. The molecule has 5 heteroatoms. The predicted octanol–water partition coefficient (Wildman–Crippen LogP) is 11.3. The number of aromatic nitrogens is 4. The van der Waals surface area contributed by atoms with Crippen LogP contribution in [-0.4, -0.2) is 9.97 Å². The Morgan fingerprint density at radius 3 is 1.11 bits per heavy atom. The number of benzene rings is 4. The molecule has 3 aromatic heterocycles. The zero-order valence-electron chi connectivity index (χ0n) is 29.5. The fraction of sp³-hybridized carbons (Fsp3) is 0.0417. The molecule has 0 amide bonds. The van der Waals surface area contributed by atoms with Crippen LogP contribution in [0, 0.1) is 18.8 Å². The van der Waals surface area contributed by atoms with Crippen molar-refractivity contribution in [1.82, 2.24) is 19.9 Å². The van der Waals surface area contributed by atoms with Crippen LogP contribution < -0.4 is 9.97 Å². The summed E-state index contributed by atoms with van der Waals surface area (Å²) < 4.78 is 0. The van der Waals surface area contributed by atoms with Crippen molar-refractivity contribution in [1.29, 1.82) is 0 Å². The summed E-state index contributed by atoms with van der Waals surface area (Å²) in [4.78, 5) is 21.4. The van der Waals surface area contributed by atoms with Crippen LogP contribution in [-0.2, 0) is 19.5 Å². The summed E-state index contributed by atoms with van der Waals surface area (Å²) in [6, 6.07) is 46.1. The molecule has 9 rings (SSSR count). The minimum atomic E-state index is 0. The van der Waals surface area contributed by atoms with Gasteiger partial charge in [0.2, 0.25) is 0 Å². The van der Waals surface area contributed by atoms with Crippen molar-refractivity contribution >= 4 is 46.4 Å². The van der Waals surface area contributed by atoms with E-state index in [0.717, 1.165) is 94.9 Å². The SMILES string of the molecule is CC#Cc1ccc(-c2c3nc(c(-c4ccccc4)c4ccc([n-]4)c(-c4ccc(C)cc4)c4nc(c(-c5ccccc5)c5ccc2[n-]5)C=C4)C=C3)cc1.[Zn+2]. The van der Waals surface area contributed by atoms with Crippen molar-refractivity contribution in [2.45, 2.75) is 13.8 Å². The van der Waals surface area contributed by atoms with E-state index in [4.69, 9.17) is 19.9 Å². The fourth-order valence-electron chi connectivity index (χ4n) is 7.06. The summed E-state index contributed by atoms with van der Waals surface area (Å²) in [5.74, 6) is 6.18. The molecule has 0 fully saturated rings. The van der Waals surface area contributed by atoms with E-state index in [-0.39, 0.29) is 19.5 Å². The third-order valence-electron chi connectivity index (χ3n) is 9.52. The Morgan fingerprint density at radius 2 is 0.755 bits per heavy atom. The van der Waals surface area contributed by atoms with Gasteiger partial charge in [0.05, 0.1) is 22.8 Å². The molecule has 53 heavy (non-hydrogen) atoms. The zero-order chi connectivity index (χ0) is 35.0. The molecule has 8 bridgehead atoms. The zero-order valence-corrected chi connectivity index (χ0v) is 32.5. The summed E-state index contributed by atoms with van der Waals surface area (Å²) in [5, 5.41) is 0. The van der Waals surface area contributed by atoms with E-state index < -0.39 is 0 Å². The molecule has 2 aliphatic rings. The smallest absolute Gasteiger partial charge is 0.657 e. The Kier molecular flexibility index (Phi) is 9.15. The standard InChI is InChI=1S/C48H32N4.Zn/c1-3-10-32-17-21-36(22-18-32)48-43-29-25-39(51-43)45(33-11-6-4-7-12-33)37-23-27-41(49-37)47(35-19-15-31(2)16-20-35)42-28-24-38(50-42)46(34-13-8-5-9-14-34)40-26-30-44(48)52-40;/h4-9,11-30H,1-2H3;/q-2;+2. The number of rotatable bonds is 4. The van der Waals surface area contributed by atoms with Gasteiger partial charge in [0.15, 0.2) is 0 Å². The van der Waals surface area contributed by atoms with Gasteiger partial charge < -0.3 is 9.97 Å². The molecule has 0 atom stereocenters. The van der Waals surface area contributed by atoms with Gasteiger partial charge in [0, 0.05) is 5.56 Å². The van der Waals surface area contributed by atoms with Gasteiger partial charge in [-0.15, -0.1) is 28.0 Å². The van der Waals surface area contributed by atoms with Gasteiger partial charge in [-0.1, -0.05) is 133 Å². The summed E-state index contributed by atoms with van der Waals surface area (Å²) >= 11 is 0. The number of aryl methyl sites for hydroxylation is 1. The first-order valence-corrected chi connectivity index (χ1v) is 17.4. The average molecular weight is 730 g/mol. The molecule has 2 aliphatic heterocycles. The van der Waals surface area contributed by atoms with E-state index in [1.165, 1.54) is 5.56 Å². The molecule has 246 valence electrons. The molecule has 0 radical (unpaired) electrons. The molecule has 0 saturated carbocycles. The van der Waals surface area contributed by atoms with Gasteiger partial charge in [0.1, 0.15) is 0 Å². The second-order valence-corrected chi connectivity index (χ2v) is 12.9. The molecule has 0 saturated heterocycles. The molecule has 5 heterocycles. The summed E-state index contributed by atoms with van der Waals surface area (Å²) in [5.41, 5.74) is 16.9. The van der Waals surface area contributed by atoms with E-state index >= 15 is 0 Å². The van der Waals surface area contributed by atoms with Crippen molar-refractivity contribution in [3.63, 3.8) is 0 Å². The third kappa shape index (κ3) is 6.40. The fourth-order valence-corrected chi connectivity index (χ4v) is 7.06. The van der Waals surface area contributed by atoms with Gasteiger partial charge in [-0.3, -0.25) is 0 Å². The van der Waals surface area contributed by atoms with Crippen LogP contribution in [0.3, 0.4) is 0 Å². The van der Waals surface area contributed by atoms with Gasteiger partial charge >= 0.3 is 19.5 Å². The molecular formula is C48H32N4Zn. The van der Waals surface area contributed by atoms with Crippen molar-refractivity contribution < 1.29 is 19.5 Å². The number of hydrogen-bond donors (Lipinski definition) is 0. The van der Waals surface area contributed by atoms with Crippen LogP contribution in [0.2, 0.25) is 0 Å². The van der Waals surface area contributed by atoms with Crippen molar-refractivity contribution in [3.8, 4) is 56.3 Å². The minimum Gasteiger partial charge on any atom is -0.657 e. The van der Waals surface area contributed by atoms with E-state index in [2.05, 4.69) is 164 Å². The van der Waals surface area contributed by atoms with Gasteiger partial charge in [-0.05, 0) is 94.8 Å². The van der Waals surface area contributed by atoms with Gasteiger partial charge in [-0.25, -0.2) is 9.97 Å². The van der Waals surface area contributed by atoms with E-state index in [9.17, 15) is 0 Å². The Morgan fingerprint density at radius 1 is 0.415 bits per heavy atom. The van der Waals surface area contributed by atoms with Crippen molar-refractivity contribution in [2.75, 3.05) is 0 Å². The summed E-state index contributed by atoms with van der Waals surface area (Å²) in [7, 11) is 0. The van der Waals surface area contributed by atoms with E-state index in [1.807, 2.05) is 19.1 Å². The van der Waals surface area contributed by atoms with Crippen molar-refractivity contribution in [3.05, 3.63) is 167 Å². The Balaban J connectivity index is 0.00000400. The van der Waals surface area contributed by atoms with Crippen LogP contribution in [0.5, 0.6) is 0 Å². The van der Waals surface area contributed by atoms with E-state index in [0.29, 0.717) is 0 Å². The molecule has 7 aromatic rings. The maximum absolute atomic E-state index is 5.35. The maximum Gasteiger partial charge on any atom is 2.00 e. The maximum atomic E-state index is 5.35. The molecule has 0 N–H and O–H groups in total. The quantitative estimate of drug-likeness (QED) is 0.134. The molecule has 0 unspecified atom stereocenters. The van der Waals surface area contributed by atoms with Crippen LogP contribution in [0.15, 0.2) is 133 Å². The average Bonchev–Trinajstić information content (AvgIpc) is 4.02. The first-order chi connectivity index (χ1) is 25.6. The Hall–Kier alpha value is -6.34. The molecule has 4 aromatic carbocycles. The van der Waals surface area contributed by atoms with Crippen LogP contribution in [0.25, 0.3) is 90.9 Å².